The number of carbonyl (C=O) groups is 2. The van der Waals surface area contributed by atoms with Crippen LogP contribution in [0.25, 0.3) is 0 Å². The first-order valence-corrected chi connectivity index (χ1v) is 11.1. The minimum Gasteiger partial charge on any atom is -0.340 e. The standard InChI is InChI=1S/C19H19N3O4S2/c20-14-15-4-1-2-6-18(15)28(25,26)22-11-9-21(10-12-22)19(24)8-7-16(23)17-5-3-13-27-17/h1-6,13H,7-12H2. The number of piperazine rings is 1. The Bertz CT molecular complexity index is 1000. The number of benzene rings is 1. The van der Waals surface area contributed by atoms with Crippen LogP contribution in [0.4, 0.5) is 0 Å². The Kier molecular flexibility index (Phi) is 6.24. The molecule has 0 radical (unpaired) electrons. The van der Waals surface area contributed by atoms with Gasteiger partial charge in [0, 0.05) is 39.0 Å². The van der Waals surface area contributed by atoms with Gasteiger partial charge >= 0.3 is 0 Å². The smallest absolute Gasteiger partial charge is 0.244 e. The van der Waals surface area contributed by atoms with Gasteiger partial charge in [-0.1, -0.05) is 18.2 Å². The predicted octanol–water partition coefficient (Wildman–Crippen LogP) is 2.12. The van der Waals surface area contributed by atoms with Gasteiger partial charge in [-0.15, -0.1) is 11.3 Å². The highest BCUT2D eigenvalue weighted by Gasteiger charge is 2.31. The van der Waals surface area contributed by atoms with E-state index >= 15 is 0 Å². The van der Waals surface area contributed by atoms with Crippen LogP contribution in [0.2, 0.25) is 0 Å². The molecule has 0 atom stereocenters. The van der Waals surface area contributed by atoms with Gasteiger partial charge in [0.1, 0.15) is 6.07 Å². The van der Waals surface area contributed by atoms with Crippen LogP contribution in [0.5, 0.6) is 0 Å². The lowest BCUT2D eigenvalue weighted by molar-refractivity contribution is -0.132. The Balaban J connectivity index is 1.57. The van der Waals surface area contributed by atoms with Gasteiger partial charge in [-0.25, -0.2) is 8.42 Å². The third-order valence-corrected chi connectivity index (χ3v) is 7.45. The second kappa shape index (κ2) is 8.65. The molecule has 1 aliphatic rings. The van der Waals surface area contributed by atoms with Crippen LogP contribution in [0.15, 0.2) is 46.7 Å². The lowest BCUT2D eigenvalue weighted by Crippen LogP contribution is -2.50. The average Bonchev–Trinajstić information content (AvgIpc) is 3.27. The highest BCUT2D eigenvalue weighted by molar-refractivity contribution is 7.89. The first-order chi connectivity index (χ1) is 13.4. The molecule has 146 valence electrons. The molecule has 3 rings (SSSR count). The number of carbonyl (C=O) groups excluding carboxylic acids is 2. The van der Waals surface area contributed by atoms with Gasteiger partial charge < -0.3 is 4.90 Å². The molecular formula is C19H19N3O4S2. The summed E-state index contributed by atoms with van der Waals surface area (Å²) >= 11 is 1.35. The predicted molar refractivity (Wildman–Crippen MR) is 104 cm³/mol. The van der Waals surface area contributed by atoms with Crippen molar-refractivity contribution in [1.82, 2.24) is 9.21 Å². The quantitative estimate of drug-likeness (QED) is 0.671. The minimum atomic E-state index is -3.79. The molecule has 2 heterocycles. The van der Waals surface area contributed by atoms with Crippen molar-refractivity contribution >= 4 is 33.1 Å². The topological polar surface area (TPSA) is 98.5 Å². The summed E-state index contributed by atoms with van der Waals surface area (Å²) in [6.07, 6.45) is 0.258. The number of hydrogen-bond donors (Lipinski definition) is 0. The second-order valence-electron chi connectivity index (χ2n) is 6.29. The maximum atomic E-state index is 12.8. The largest absolute Gasteiger partial charge is 0.340 e. The van der Waals surface area contributed by atoms with Crippen molar-refractivity contribution in [2.24, 2.45) is 0 Å². The van der Waals surface area contributed by atoms with Gasteiger partial charge in [0.05, 0.1) is 15.3 Å². The molecule has 0 saturated carbocycles. The summed E-state index contributed by atoms with van der Waals surface area (Å²) in [5.41, 5.74) is 0.105. The van der Waals surface area contributed by atoms with Gasteiger partial charge in [-0.2, -0.15) is 9.57 Å². The van der Waals surface area contributed by atoms with Gasteiger partial charge in [0.15, 0.2) is 5.78 Å². The summed E-state index contributed by atoms with van der Waals surface area (Å²) < 4.78 is 26.9. The van der Waals surface area contributed by atoms with E-state index in [1.807, 2.05) is 11.4 Å². The highest BCUT2D eigenvalue weighted by Crippen LogP contribution is 2.21. The fourth-order valence-electron chi connectivity index (χ4n) is 3.04. The van der Waals surface area contributed by atoms with E-state index in [1.165, 1.54) is 27.8 Å². The van der Waals surface area contributed by atoms with E-state index in [2.05, 4.69) is 0 Å². The minimum absolute atomic E-state index is 0.0150. The van der Waals surface area contributed by atoms with E-state index in [-0.39, 0.29) is 61.2 Å². The Labute approximate surface area is 167 Å². The van der Waals surface area contributed by atoms with E-state index in [9.17, 15) is 18.0 Å². The van der Waals surface area contributed by atoms with Crippen molar-refractivity contribution in [3.8, 4) is 6.07 Å². The maximum Gasteiger partial charge on any atom is 0.244 e. The van der Waals surface area contributed by atoms with Crippen molar-refractivity contribution < 1.29 is 18.0 Å². The Morgan fingerprint density at radius 2 is 1.75 bits per heavy atom. The lowest BCUT2D eigenvalue weighted by atomic mass is 10.1. The van der Waals surface area contributed by atoms with Crippen LogP contribution < -0.4 is 0 Å². The summed E-state index contributed by atoms with van der Waals surface area (Å²) in [5.74, 6) is -0.211. The highest BCUT2D eigenvalue weighted by atomic mass is 32.2. The molecule has 9 heteroatoms. The molecule has 1 amide bonds. The Hall–Kier alpha value is -2.54. The fraction of sp³-hybridized carbons (Fsp3) is 0.316. The number of hydrogen-bond acceptors (Lipinski definition) is 6. The summed E-state index contributed by atoms with van der Waals surface area (Å²) in [4.78, 5) is 26.6. The number of amides is 1. The van der Waals surface area contributed by atoms with Crippen molar-refractivity contribution in [1.29, 1.82) is 5.26 Å². The Morgan fingerprint density at radius 3 is 2.39 bits per heavy atom. The van der Waals surface area contributed by atoms with E-state index < -0.39 is 10.0 Å². The molecule has 28 heavy (non-hydrogen) atoms. The normalized spacial score (nSPS) is 15.2. The first-order valence-electron chi connectivity index (χ1n) is 8.77. The molecule has 1 aliphatic heterocycles. The molecule has 0 unspecified atom stereocenters. The maximum absolute atomic E-state index is 12.8. The lowest BCUT2D eigenvalue weighted by Gasteiger charge is -2.34. The van der Waals surface area contributed by atoms with E-state index in [0.29, 0.717) is 4.88 Å². The third-order valence-electron chi connectivity index (χ3n) is 4.58. The molecule has 1 aromatic carbocycles. The summed E-state index contributed by atoms with van der Waals surface area (Å²) in [5, 5.41) is 11.0. The van der Waals surface area contributed by atoms with Gasteiger partial charge in [0.2, 0.25) is 15.9 Å². The van der Waals surface area contributed by atoms with Crippen LogP contribution in [0.3, 0.4) is 0 Å². The molecule has 0 aliphatic carbocycles. The molecule has 0 spiro atoms. The molecule has 2 aromatic rings. The molecule has 0 N–H and O–H groups in total. The van der Waals surface area contributed by atoms with Crippen LogP contribution in [0.1, 0.15) is 28.1 Å². The van der Waals surface area contributed by atoms with Crippen LogP contribution >= 0.6 is 11.3 Å². The average molecular weight is 418 g/mol. The zero-order chi connectivity index (χ0) is 20.1. The second-order valence-corrected chi connectivity index (χ2v) is 9.15. The molecule has 7 nitrogen and oxygen atoms in total. The number of rotatable bonds is 6. The number of ketones is 1. The number of Topliss-reactive ketones (excluding diaryl/α,β-unsaturated/α-hetero) is 1. The molecule has 1 saturated heterocycles. The van der Waals surface area contributed by atoms with Gasteiger partial charge in [-0.3, -0.25) is 9.59 Å². The monoisotopic (exact) mass is 417 g/mol. The van der Waals surface area contributed by atoms with E-state index in [0.717, 1.165) is 0 Å². The zero-order valence-corrected chi connectivity index (χ0v) is 16.7. The summed E-state index contributed by atoms with van der Waals surface area (Å²) in [6, 6.07) is 11.5. The number of thiophene rings is 1. The van der Waals surface area contributed by atoms with E-state index in [1.54, 1.807) is 29.2 Å². The first kappa shape index (κ1) is 20.2. The summed E-state index contributed by atoms with van der Waals surface area (Å²) in [6.45, 7) is 0.847. The number of sulfonamides is 1. The third kappa shape index (κ3) is 4.30. The number of nitrogens with zero attached hydrogens (tertiary/aromatic N) is 3. The van der Waals surface area contributed by atoms with Crippen LogP contribution in [-0.2, 0) is 14.8 Å². The van der Waals surface area contributed by atoms with Crippen molar-refractivity contribution in [3.63, 3.8) is 0 Å². The Morgan fingerprint density at radius 1 is 1.04 bits per heavy atom. The fourth-order valence-corrected chi connectivity index (χ4v) is 5.30. The van der Waals surface area contributed by atoms with Crippen molar-refractivity contribution in [2.75, 3.05) is 26.2 Å². The van der Waals surface area contributed by atoms with Gasteiger partial charge in [0.25, 0.3) is 0 Å². The molecule has 1 fully saturated rings. The van der Waals surface area contributed by atoms with Crippen molar-refractivity contribution in [2.45, 2.75) is 17.7 Å². The van der Waals surface area contributed by atoms with Gasteiger partial charge in [-0.05, 0) is 23.6 Å². The summed E-state index contributed by atoms with van der Waals surface area (Å²) in [7, 11) is -3.79. The van der Waals surface area contributed by atoms with E-state index in [4.69, 9.17) is 5.26 Å². The molecular weight excluding hydrogens is 398 g/mol. The molecule has 0 bridgehead atoms. The number of nitriles is 1. The van der Waals surface area contributed by atoms with Crippen molar-refractivity contribution in [3.05, 3.63) is 52.2 Å². The zero-order valence-electron chi connectivity index (χ0n) is 15.1. The SMILES string of the molecule is N#Cc1ccccc1S(=O)(=O)N1CCN(C(=O)CCC(=O)c2cccs2)CC1. The van der Waals surface area contributed by atoms with Crippen LogP contribution in [-0.4, -0.2) is 55.5 Å². The van der Waals surface area contributed by atoms with Crippen LogP contribution in [0, 0.1) is 11.3 Å². The molecule has 1 aromatic heterocycles.